The lowest BCUT2D eigenvalue weighted by Gasteiger charge is -2.27. The van der Waals surface area contributed by atoms with E-state index in [1.807, 2.05) is 60.7 Å². The number of benzene rings is 2. The van der Waals surface area contributed by atoms with E-state index in [1.54, 1.807) is 0 Å². The molecule has 24 heavy (non-hydrogen) atoms. The summed E-state index contributed by atoms with van der Waals surface area (Å²) in [6.07, 6.45) is 0.423. The van der Waals surface area contributed by atoms with E-state index in [2.05, 4.69) is 10.1 Å². The number of ether oxygens (including phenoxy) is 1. The Morgan fingerprint density at radius 1 is 1.04 bits per heavy atom. The summed E-state index contributed by atoms with van der Waals surface area (Å²) >= 11 is 0. The average molecular weight is 347 g/mol. The fourth-order valence-corrected chi connectivity index (χ4v) is 3.13. The number of methoxy groups -OCH3 is 1. The lowest BCUT2D eigenvalue weighted by Crippen LogP contribution is -2.33. The highest BCUT2D eigenvalue weighted by Gasteiger charge is 2.24. The third kappa shape index (κ3) is 5.39. The second-order valence-electron chi connectivity index (χ2n) is 5.37. The molecule has 1 atom stereocenters. The maximum atomic E-state index is 11.4. The van der Waals surface area contributed by atoms with E-state index in [0.717, 1.165) is 11.1 Å². The summed E-state index contributed by atoms with van der Waals surface area (Å²) in [5.74, 6) is -0.959. The van der Waals surface area contributed by atoms with Crippen LogP contribution in [0.25, 0.3) is 0 Å². The highest BCUT2D eigenvalue weighted by atomic mass is 31.2. The van der Waals surface area contributed by atoms with Crippen LogP contribution in [-0.2, 0) is 9.53 Å². The van der Waals surface area contributed by atoms with Gasteiger partial charge in [0.2, 0.25) is 0 Å². The molecular formula is C18H22NO4P. The van der Waals surface area contributed by atoms with Crippen molar-refractivity contribution in [1.29, 1.82) is 0 Å². The minimum atomic E-state index is -2.23. The van der Waals surface area contributed by atoms with Crippen LogP contribution in [0, 0.1) is 0 Å². The van der Waals surface area contributed by atoms with Gasteiger partial charge in [0.15, 0.2) is 8.38 Å². The van der Waals surface area contributed by atoms with Crippen LogP contribution in [0.5, 0.6) is 0 Å². The molecule has 0 aliphatic heterocycles. The topological polar surface area (TPSA) is 78.8 Å². The minimum absolute atomic E-state index is 0.129. The zero-order valence-corrected chi connectivity index (χ0v) is 14.4. The van der Waals surface area contributed by atoms with Crippen LogP contribution in [0.1, 0.15) is 30.0 Å². The number of hydrogen-bond donors (Lipinski definition) is 3. The molecule has 0 bridgehead atoms. The maximum Gasteiger partial charge on any atom is 0.305 e. The zero-order chi connectivity index (χ0) is 17.4. The molecule has 2 rings (SSSR count). The lowest BCUT2D eigenvalue weighted by molar-refractivity contribution is -0.140. The Kier molecular flexibility index (Phi) is 7.35. The Labute approximate surface area is 143 Å². The van der Waals surface area contributed by atoms with E-state index in [0.29, 0.717) is 6.42 Å². The molecule has 1 unspecified atom stereocenters. The average Bonchev–Trinajstić information content (AvgIpc) is 2.62. The van der Waals surface area contributed by atoms with Gasteiger partial charge in [-0.25, -0.2) is 0 Å². The van der Waals surface area contributed by atoms with E-state index in [9.17, 15) is 14.6 Å². The SMILES string of the molecule is COC(=O)CCC(NC(c1ccccc1)c1ccccc1)P(O)O. The highest BCUT2D eigenvalue weighted by Crippen LogP contribution is 2.35. The Balaban J connectivity index is 2.21. The molecule has 2 aromatic carbocycles. The van der Waals surface area contributed by atoms with E-state index < -0.39 is 14.2 Å². The number of rotatable bonds is 8. The number of esters is 1. The number of carbonyl (C=O) groups excluding carboxylic acids is 1. The molecule has 6 heteroatoms. The standard InChI is InChI=1S/C18H22NO4P/c1-23-17(20)13-12-16(24(21)22)19-18(14-8-4-2-5-9-14)15-10-6-3-7-11-15/h2-11,16,18-19,21-22H,12-13H2,1H3. The predicted octanol–water partition coefficient (Wildman–Crippen LogP) is 2.94. The Hall–Kier alpha value is -1.78. The van der Waals surface area contributed by atoms with Gasteiger partial charge < -0.3 is 14.5 Å². The zero-order valence-electron chi connectivity index (χ0n) is 13.5. The maximum absolute atomic E-state index is 11.4. The first kappa shape index (κ1) is 18.6. The second kappa shape index (κ2) is 9.50. The summed E-state index contributed by atoms with van der Waals surface area (Å²) in [7, 11) is -0.910. The van der Waals surface area contributed by atoms with Crippen LogP contribution in [-0.4, -0.2) is 28.6 Å². The van der Waals surface area contributed by atoms with Crippen molar-refractivity contribution in [3.63, 3.8) is 0 Å². The first-order chi connectivity index (χ1) is 11.6. The van der Waals surface area contributed by atoms with Gasteiger partial charge in [-0.1, -0.05) is 60.7 Å². The third-order valence-corrected chi connectivity index (χ3v) is 4.72. The minimum Gasteiger partial charge on any atom is -0.469 e. The van der Waals surface area contributed by atoms with Crippen molar-refractivity contribution in [3.8, 4) is 0 Å². The van der Waals surface area contributed by atoms with Crippen LogP contribution >= 0.6 is 8.38 Å². The molecule has 0 saturated heterocycles. The highest BCUT2D eigenvalue weighted by molar-refractivity contribution is 7.45. The molecule has 0 aromatic heterocycles. The molecule has 0 aliphatic carbocycles. The fraction of sp³-hybridized carbons (Fsp3) is 0.278. The molecule has 3 N–H and O–H groups in total. The van der Waals surface area contributed by atoms with Crippen molar-refractivity contribution in [2.75, 3.05) is 7.11 Å². The number of hydrogen-bond acceptors (Lipinski definition) is 5. The van der Waals surface area contributed by atoms with Crippen LogP contribution < -0.4 is 5.32 Å². The lowest BCUT2D eigenvalue weighted by atomic mass is 9.98. The molecule has 0 spiro atoms. The van der Waals surface area contributed by atoms with E-state index in [1.165, 1.54) is 7.11 Å². The molecule has 128 valence electrons. The largest absolute Gasteiger partial charge is 0.469 e. The monoisotopic (exact) mass is 347 g/mol. The third-order valence-electron chi connectivity index (χ3n) is 3.75. The van der Waals surface area contributed by atoms with Crippen molar-refractivity contribution in [3.05, 3.63) is 71.8 Å². The molecule has 0 heterocycles. The number of nitrogens with one attached hydrogen (secondary N) is 1. The Morgan fingerprint density at radius 2 is 1.54 bits per heavy atom. The summed E-state index contributed by atoms with van der Waals surface area (Å²) in [5.41, 5.74) is 2.03. The van der Waals surface area contributed by atoms with E-state index in [-0.39, 0.29) is 18.4 Å². The van der Waals surface area contributed by atoms with Crippen molar-refractivity contribution in [1.82, 2.24) is 5.32 Å². The van der Waals surface area contributed by atoms with Gasteiger partial charge in [-0.05, 0) is 17.5 Å². The van der Waals surface area contributed by atoms with Crippen LogP contribution in [0.4, 0.5) is 0 Å². The summed E-state index contributed by atoms with van der Waals surface area (Å²) in [6, 6.07) is 19.4. The van der Waals surface area contributed by atoms with Crippen LogP contribution in [0.2, 0.25) is 0 Å². The molecule has 2 aromatic rings. The van der Waals surface area contributed by atoms with Crippen molar-refractivity contribution >= 4 is 14.3 Å². The fourth-order valence-electron chi connectivity index (χ4n) is 2.49. The predicted molar refractivity (Wildman–Crippen MR) is 94.3 cm³/mol. The van der Waals surface area contributed by atoms with Gasteiger partial charge in [-0.2, -0.15) is 0 Å². The molecule has 0 aliphatic rings. The van der Waals surface area contributed by atoms with Gasteiger partial charge in [-0.3, -0.25) is 10.1 Å². The van der Waals surface area contributed by atoms with Gasteiger partial charge >= 0.3 is 5.97 Å². The summed E-state index contributed by atoms with van der Waals surface area (Å²) in [4.78, 5) is 30.9. The molecule has 0 amide bonds. The molecular weight excluding hydrogens is 325 g/mol. The smallest absolute Gasteiger partial charge is 0.305 e. The summed E-state index contributed by atoms with van der Waals surface area (Å²) in [6.45, 7) is 0. The summed E-state index contributed by atoms with van der Waals surface area (Å²) in [5, 5.41) is 3.29. The van der Waals surface area contributed by atoms with Gasteiger partial charge in [-0.15, -0.1) is 0 Å². The number of carbonyl (C=O) groups is 1. The van der Waals surface area contributed by atoms with Crippen molar-refractivity contribution < 1.29 is 19.3 Å². The van der Waals surface area contributed by atoms with Gasteiger partial charge in [0.25, 0.3) is 0 Å². The quantitative estimate of drug-likeness (QED) is 0.505. The molecule has 0 fully saturated rings. The second-order valence-corrected chi connectivity index (χ2v) is 6.64. The molecule has 0 saturated carbocycles. The Morgan fingerprint density at radius 3 is 1.96 bits per heavy atom. The van der Waals surface area contributed by atoms with Gasteiger partial charge in [0, 0.05) is 6.42 Å². The van der Waals surface area contributed by atoms with Crippen molar-refractivity contribution in [2.45, 2.75) is 24.7 Å². The molecule has 0 radical (unpaired) electrons. The molecule has 5 nitrogen and oxygen atoms in total. The normalized spacial score (nSPS) is 12.4. The van der Waals surface area contributed by atoms with Gasteiger partial charge in [0.1, 0.15) is 0 Å². The summed E-state index contributed by atoms with van der Waals surface area (Å²) < 4.78 is 4.63. The van der Waals surface area contributed by atoms with Crippen LogP contribution in [0.15, 0.2) is 60.7 Å². The van der Waals surface area contributed by atoms with Gasteiger partial charge in [0.05, 0.1) is 18.9 Å². The Bertz CT molecular complexity index is 582. The van der Waals surface area contributed by atoms with E-state index in [4.69, 9.17) is 0 Å². The first-order valence-corrected chi connectivity index (χ1v) is 9.03. The first-order valence-electron chi connectivity index (χ1n) is 7.71. The van der Waals surface area contributed by atoms with Crippen LogP contribution in [0.3, 0.4) is 0 Å². The van der Waals surface area contributed by atoms with E-state index >= 15 is 0 Å². The van der Waals surface area contributed by atoms with Crippen molar-refractivity contribution in [2.24, 2.45) is 0 Å².